The predicted octanol–water partition coefficient (Wildman–Crippen LogP) is 4.75. The molecule has 0 unspecified atom stereocenters. The second-order valence-electron chi connectivity index (χ2n) is 6.11. The molecule has 0 fully saturated rings. The van der Waals surface area contributed by atoms with Crippen LogP contribution in [0.3, 0.4) is 0 Å². The van der Waals surface area contributed by atoms with Crippen LogP contribution in [0.4, 0.5) is 4.11 Å². The molecule has 2 aromatic carbocycles. The maximum absolute atomic E-state index is 13.9. The predicted molar refractivity (Wildman–Crippen MR) is 105 cm³/mol. The van der Waals surface area contributed by atoms with Gasteiger partial charge in [-0.3, -0.25) is 0 Å². The Morgan fingerprint density at radius 1 is 0.905 bits per heavy atom. The van der Waals surface area contributed by atoms with Crippen molar-refractivity contribution in [2.75, 3.05) is 0 Å². The summed E-state index contributed by atoms with van der Waals surface area (Å²) in [5, 5.41) is 0. The van der Waals surface area contributed by atoms with Crippen LogP contribution in [0, 0.1) is 0 Å². The van der Waals surface area contributed by atoms with Crippen LogP contribution in [0.1, 0.15) is 6.42 Å². The molecule has 0 aliphatic rings. The maximum atomic E-state index is 13.9. The Bertz CT molecular complexity index is 515. The van der Waals surface area contributed by atoms with Crippen molar-refractivity contribution in [1.82, 2.24) is 0 Å². The van der Waals surface area contributed by atoms with E-state index in [1.165, 1.54) is 11.6 Å². The van der Waals surface area contributed by atoms with Gasteiger partial charge in [0.15, 0.2) is 0 Å². The molecule has 0 heterocycles. The first kappa shape index (κ1) is 17.5. The van der Waals surface area contributed by atoms with E-state index in [-0.39, 0.29) is 0 Å². The Hall–Kier alpha value is 0.116. The van der Waals surface area contributed by atoms with Crippen molar-refractivity contribution in [3.05, 3.63) is 60.7 Å². The molecule has 0 atom stereocenters. The molecule has 0 aromatic heterocycles. The quantitative estimate of drug-likeness (QED) is 0.294. The van der Waals surface area contributed by atoms with Crippen molar-refractivity contribution in [3.8, 4) is 0 Å². The van der Waals surface area contributed by atoms with Crippen LogP contribution in [-0.4, -0.2) is 22.8 Å². The number of halogens is 2. The first-order valence-electron chi connectivity index (χ1n) is 7.41. The van der Waals surface area contributed by atoms with E-state index in [9.17, 15) is 4.11 Å². The van der Waals surface area contributed by atoms with E-state index in [1.54, 1.807) is 0 Å². The fraction of sp³-hybridized carbons (Fsp3) is 0.294. The molecule has 112 valence electrons. The van der Waals surface area contributed by atoms with E-state index in [2.05, 4.69) is 79.3 Å². The molecule has 0 bridgehead atoms. The Morgan fingerprint density at radius 3 is 1.71 bits per heavy atom. The molecule has 2 aromatic rings. The average molecular weight is 519 g/mol. The van der Waals surface area contributed by atoms with Crippen LogP contribution in [0.5, 0.6) is 0 Å². The minimum absolute atomic E-state index is 0.786. The van der Waals surface area contributed by atoms with Crippen molar-refractivity contribution in [2.24, 2.45) is 0 Å². The van der Waals surface area contributed by atoms with Gasteiger partial charge in [-0.25, -0.2) is 0 Å². The van der Waals surface area contributed by atoms with Crippen LogP contribution in [0.15, 0.2) is 60.7 Å². The summed E-state index contributed by atoms with van der Waals surface area (Å²) in [6, 6.07) is 22.6. The summed E-state index contributed by atoms with van der Waals surface area (Å²) in [6.07, 6.45) is 1.03. The van der Waals surface area contributed by atoms with Crippen LogP contribution in [0.2, 0.25) is 23.6 Å². The van der Waals surface area contributed by atoms with E-state index in [0.717, 1.165) is 12.5 Å². The third kappa shape index (κ3) is 5.06. The zero-order chi connectivity index (χ0) is 15.3. The molecule has 21 heavy (non-hydrogen) atoms. The molecule has 2 rings (SSSR count). The summed E-state index contributed by atoms with van der Waals surface area (Å²) in [5.74, 6) is 0. The van der Waals surface area contributed by atoms with Crippen LogP contribution < -0.4 is 7.16 Å². The Morgan fingerprint density at radius 2 is 1.33 bits per heavy atom. The summed E-state index contributed by atoms with van der Waals surface area (Å²) in [7, 11) is -2.43. The van der Waals surface area contributed by atoms with Crippen molar-refractivity contribution >= 4 is 48.6 Å². The molecule has 0 saturated carbocycles. The van der Waals surface area contributed by atoms with Gasteiger partial charge in [-0.05, 0) is 0 Å². The molecule has 0 amide bonds. The van der Waals surface area contributed by atoms with Crippen molar-refractivity contribution in [1.29, 1.82) is 0 Å². The first-order valence-corrected chi connectivity index (χ1v) is 23.7. The van der Waals surface area contributed by atoms with Gasteiger partial charge in [-0.1, -0.05) is 0 Å². The zero-order valence-corrected chi connectivity index (χ0v) is 18.7. The van der Waals surface area contributed by atoms with E-state index in [0.29, 0.717) is 0 Å². The molecular weight excluding hydrogens is 497 g/mol. The second-order valence-corrected chi connectivity index (χ2v) is 31.7. The molecule has 4 heteroatoms. The van der Waals surface area contributed by atoms with Gasteiger partial charge >= 0.3 is 143 Å². The number of hydrogen-bond acceptors (Lipinski definition) is 0. The normalized spacial score (nSPS) is 12.4. The molecular formula is C17H22FISiSn. The average Bonchev–Trinajstić information content (AvgIpc) is 2.47. The molecule has 0 nitrogen and oxygen atoms in total. The van der Waals surface area contributed by atoms with E-state index in [1.807, 2.05) is 13.1 Å². The van der Waals surface area contributed by atoms with Crippen LogP contribution in [0.25, 0.3) is 0 Å². The molecule has 0 spiro atoms. The van der Waals surface area contributed by atoms with Crippen LogP contribution in [-0.2, 0) is 0 Å². The van der Waals surface area contributed by atoms with Crippen molar-refractivity contribution < 1.29 is 4.11 Å². The molecule has 0 aliphatic carbocycles. The molecule has 0 aliphatic heterocycles. The topological polar surface area (TPSA) is 0 Å². The van der Waals surface area contributed by atoms with E-state index >= 15 is 0 Å². The summed E-state index contributed by atoms with van der Waals surface area (Å²) < 4.78 is 18.1. The Kier molecular flexibility index (Phi) is 6.32. The first-order chi connectivity index (χ1) is 9.92. The standard InChI is InChI=1S/2C6H5.C5H12FSi.HI.Sn/c2*1-2-4-6-5-3-1;1-4-5-7(2,3)6;;/h2*1-5H;1,4-5H2,2-3H3;1H;/q;;;;+1/p-1. The van der Waals surface area contributed by atoms with Crippen molar-refractivity contribution in [2.45, 2.75) is 30.0 Å². The summed E-state index contributed by atoms with van der Waals surface area (Å²) in [5.41, 5.74) is 0. The van der Waals surface area contributed by atoms with Crippen molar-refractivity contribution in [3.63, 3.8) is 0 Å². The minimum atomic E-state index is -2.65. The summed E-state index contributed by atoms with van der Waals surface area (Å²) in [6.45, 7) is 3.64. The number of benzene rings is 2. The molecule has 0 N–H and O–H groups in total. The molecule has 0 radical (unpaired) electrons. The van der Waals surface area contributed by atoms with Gasteiger partial charge < -0.3 is 0 Å². The van der Waals surface area contributed by atoms with Gasteiger partial charge in [0, 0.05) is 0 Å². The SMILES string of the molecule is C[Si](C)(F)CC[CH2][Sn]([I])([c]1ccccc1)[c]1ccccc1. The fourth-order valence-electron chi connectivity index (χ4n) is 2.61. The van der Waals surface area contributed by atoms with Gasteiger partial charge in [0.1, 0.15) is 0 Å². The number of rotatable bonds is 6. The van der Waals surface area contributed by atoms with Gasteiger partial charge in [0.2, 0.25) is 0 Å². The Balaban J connectivity index is 2.27. The summed E-state index contributed by atoms with van der Waals surface area (Å²) in [4.78, 5) is 0. The zero-order valence-electron chi connectivity index (χ0n) is 12.7. The fourth-order valence-corrected chi connectivity index (χ4v) is 20.6. The van der Waals surface area contributed by atoms with Crippen LogP contribution >= 0.6 is 18.6 Å². The molecule has 0 saturated heterocycles. The Labute approximate surface area is 142 Å². The van der Waals surface area contributed by atoms with Gasteiger partial charge in [0.05, 0.1) is 0 Å². The van der Waals surface area contributed by atoms with Gasteiger partial charge in [0.25, 0.3) is 0 Å². The second kappa shape index (κ2) is 7.59. The monoisotopic (exact) mass is 520 g/mol. The van der Waals surface area contributed by atoms with E-state index in [4.69, 9.17) is 0 Å². The third-order valence-electron chi connectivity index (χ3n) is 3.76. The van der Waals surface area contributed by atoms with Gasteiger partial charge in [-0.2, -0.15) is 0 Å². The summed E-state index contributed by atoms with van der Waals surface area (Å²) >= 11 is 0.112. The number of hydrogen-bond donors (Lipinski definition) is 0. The van der Waals surface area contributed by atoms with Gasteiger partial charge in [-0.15, -0.1) is 0 Å². The van der Waals surface area contributed by atoms with E-state index < -0.39 is 22.8 Å². The third-order valence-corrected chi connectivity index (χ3v) is 27.4.